The number of amides is 1. The van der Waals surface area contributed by atoms with Crippen molar-refractivity contribution in [3.8, 4) is 0 Å². The largest absolute Gasteiger partial charge is 0.465 e. The van der Waals surface area contributed by atoms with Crippen molar-refractivity contribution in [2.45, 2.75) is 46.1 Å². The molecule has 2 fully saturated rings. The summed E-state index contributed by atoms with van der Waals surface area (Å²) in [6.45, 7) is 6.84. The molecule has 1 saturated heterocycles. The van der Waals surface area contributed by atoms with Crippen molar-refractivity contribution in [1.29, 1.82) is 0 Å². The van der Waals surface area contributed by atoms with Gasteiger partial charge in [-0.15, -0.1) is 0 Å². The summed E-state index contributed by atoms with van der Waals surface area (Å²) in [5.41, 5.74) is -0.138. The van der Waals surface area contributed by atoms with Crippen molar-refractivity contribution >= 4 is 11.9 Å². The normalized spacial score (nSPS) is 34.3. The first-order valence-corrected chi connectivity index (χ1v) is 5.82. The van der Waals surface area contributed by atoms with Crippen LogP contribution >= 0.6 is 0 Å². The zero-order chi connectivity index (χ0) is 12.1. The summed E-state index contributed by atoms with van der Waals surface area (Å²) >= 11 is 0. The van der Waals surface area contributed by atoms with Gasteiger partial charge in [0, 0.05) is 18.4 Å². The molecule has 1 amide bonds. The molecule has 1 heterocycles. The molecule has 16 heavy (non-hydrogen) atoms. The van der Waals surface area contributed by atoms with Gasteiger partial charge in [-0.25, -0.2) is 4.79 Å². The molecule has 0 bridgehead atoms. The fraction of sp³-hybridized carbons (Fsp3) is 0.833. The standard InChI is InChI=1S/C12H19NO3/c1-11(2,3)12-6-4-5-8(14)9(12)13(7-12)10(15)16/h9H,4-7H2,1-3H3,(H,15,16). The van der Waals surface area contributed by atoms with Crippen LogP contribution in [0.5, 0.6) is 0 Å². The van der Waals surface area contributed by atoms with Gasteiger partial charge in [-0.1, -0.05) is 20.8 Å². The number of carboxylic acid groups (broad SMARTS) is 1. The maximum absolute atomic E-state index is 11.9. The van der Waals surface area contributed by atoms with Gasteiger partial charge in [-0.05, 0) is 18.3 Å². The Balaban J connectivity index is 2.33. The summed E-state index contributed by atoms with van der Waals surface area (Å²) in [6, 6.07) is -0.390. The van der Waals surface area contributed by atoms with Crippen molar-refractivity contribution in [2.24, 2.45) is 10.8 Å². The molecule has 1 N–H and O–H groups in total. The van der Waals surface area contributed by atoms with E-state index in [-0.39, 0.29) is 16.6 Å². The Morgan fingerprint density at radius 3 is 2.62 bits per heavy atom. The quantitative estimate of drug-likeness (QED) is 0.687. The third-order valence-electron chi connectivity index (χ3n) is 4.38. The average molecular weight is 225 g/mol. The average Bonchev–Trinajstić information content (AvgIpc) is 2.04. The van der Waals surface area contributed by atoms with E-state index in [4.69, 9.17) is 5.11 Å². The Morgan fingerprint density at radius 1 is 1.50 bits per heavy atom. The van der Waals surface area contributed by atoms with E-state index >= 15 is 0 Å². The minimum atomic E-state index is -0.958. The second-order valence-corrected chi connectivity index (χ2v) is 6.04. The first-order chi connectivity index (χ1) is 7.29. The molecule has 0 spiro atoms. The number of hydrogen-bond acceptors (Lipinski definition) is 2. The minimum absolute atomic E-state index is 0.0142. The van der Waals surface area contributed by atoms with Gasteiger partial charge >= 0.3 is 6.09 Å². The first-order valence-electron chi connectivity index (χ1n) is 5.82. The summed E-state index contributed by atoms with van der Waals surface area (Å²) in [4.78, 5) is 24.3. The molecule has 2 atom stereocenters. The Hall–Kier alpha value is -1.06. The van der Waals surface area contributed by atoms with Crippen LogP contribution in [0, 0.1) is 10.8 Å². The molecule has 1 aliphatic heterocycles. The van der Waals surface area contributed by atoms with Crippen LogP contribution in [0.15, 0.2) is 0 Å². The summed E-state index contributed by atoms with van der Waals surface area (Å²) < 4.78 is 0. The lowest BCUT2D eigenvalue weighted by Gasteiger charge is -2.63. The lowest BCUT2D eigenvalue weighted by Crippen LogP contribution is -2.74. The predicted molar refractivity (Wildman–Crippen MR) is 59.3 cm³/mol. The van der Waals surface area contributed by atoms with Gasteiger partial charge in [0.05, 0.1) is 0 Å². The second kappa shape index (κ2) is 3.22. The molecule has 1 saturated carbocycles. The van der Waals surface area contributed by atoms with E-state index in [0.717, 1.165) is 12.8 Å². The van der Waals surface area contributed by atoms with Crippen molar-refractivity contribution in [3.05, 3.63) is 0 Å². The van der Waals surface area contributed by atoms with Crippen molar-refractivity contribution < 1.29 is 14.7 Å². The summed E-state index contributed by atoms with van der Waals surface area (Å²) in [5, 5.41) is 9.04. The number of Topliss-reactive ketones (excluding diaryl/α,β-unsaturated/α-hetero) is 1. The van der Waals surface area contributed by atoms with Crippen LogP contribution in [0.3, 0.4) is 0 Å². The van der Waals surface area contributed by atoms with Crippen molar-refractivity contribution in [2.75, 3.05) is 6.54 Å². The van der Waals surface area contributed by atoms with Crippen LogP contribution in [0.4, 0.5) is 4.79 Å². The van der Waals surface area contributed by atoms with E-state index in [1.807, 2.05) is 0 Å². The number of hydrogen-bond donors (Lipinski definition) is 1. The topological polar surface area (TPSA) is 57.6 Å². The second-order valence-electron chi connectivity index (χ2n) is 6.04. The molecular formula is C12H19NO3. The highest BCUT2D eigenvalue weighted by atomic mass is 16.4. The predicted octanol–water partition coefficient (Wildman–Crippen LogP) is 2.13. The Kier molecular flexibility index (Phi) is 2.30. The van der Waals surface area contributed by atoms with E-state index in [1.165, 1.54) is 4.90 Å². The molecule has 2 aliphatic rings. The number of ketones is 1. The van der Waals surface area contributed by atoms with E-state index in [2.05, 4.69) is 20.8 Å². The molecule has 2 unspecified atom stereocenters. The Morgan fingerprint density at radius 2 is 2.12 bits per heavy atom. The minimum Gasteiger partial charge on any atom is -0.465 e. The Bertz CT molecular complexity index is 345. The van der Waals surface area contributed by atoms with Crippen LogP contribution in [0.2, 0.25) is 0 Å². The summed E-state index contributed by atoms with van der Waals surface area (Å²) in [7, 11) is 0. The molecule has 0 aromatic rings. The monoisotopic (exact) mass is 225 g/mol. The number of carbonyl (C=O) groups excluding carboxylic acids is 1. The molecule has 0 aromatic carbocycles. The third kappa shape index (κ3) is 1.28. The third-order valence-corrected chi connectivity index (χ3v) is 4.38. The maximum Gasteiger partial charge on any atom is 0.407 e. The van der Waals surface area contributed by atoms with Crippen molar-refractivity contribution in [3.63, 3.8) is 0 Å². The zero-order valence-electron chi connectivity index (χ0n) is 10.1. The van der Waals surface area contributed by atoms with E-state index in [1.54, 1.807) is 0 Å². The molecule has 0 radical (unpaired) electrons. The number of nitrogens with zero attached hydrogens (tertiary/aromatic N) is 1. The first kappa shape index (κ1) is 11.4. The molecule has 0 aromatic heterocycles. The van der Waals surface area contributed by atoms with Crippen LogP contribution in [0.1, 0.15) is 40.0 Å². The smallest absolute Gasteiger partial charge is 0.407 e. The van der Waals surface area contributed by atoms with E-state index < -0.39 is 12.1 Å². The van der Waals surface area contributed by atoms with Gasteiger partial charge in [0.15, 0.2) is 5.78 Å². The molecule has 2 rings (SSSR count). The van der Waals surface area contributed by atoms with Gasteiger partial charge in [0.2, 0.25) is 0 Å². The lowest BCUT2D eigenvalue weighted by molar-refractivity contribution is -0.168. The van der Waals surface area contributed by atoms with Gasteiger partial charge in [-0.3, -0.25) is 9.69 Å². The molecule has 4 nitrogen and oxygen atoms in total. The highest BCUT2D eigenvalue weighted by Crippen LogP contribution is 2.56. The number of rotatable bonds is 0. The van der Waals surface area contributed by atoms with Crippen LogP contribution < -0.4 is 0 Å². The van der Waals surface area contributed by atoms with E-state index in [9.17, 15) is 9.59 Å². The highest BCUT2D eigenvalue weighted by Gasteiger charge is 2.63. The van der Waals surface area contributed by atoms with Gasteiger partial charge in [0.1, 0.15) is 6.04 Å². The Labute approximate surface area is 95.6 Å². The summed E-state index contributed by atoms with van der Waals surface area (Å²) in [5.74, 6) is 0.106. The van der Waals surface area contributed by atoms with Gasteiger partial charge in [-0.2, -0.15) is 0 Å². The fourth-order valence-corrected chi connectivity index (χ4v) is 3.28. The number of likely N-dealkylation sites (tertiary alicyclic amines) is 1. The number of fused-ring (bicyclic) bond motifs is 1. The van der Waals surface area contributed by atoms with Crippen LogP contribution in [0.25, 0.3) is 0 Å². The van der Waals surface area contributed by atoms with Gasteiger partial charge < -0.3 is 5.11 Å². The number of carbonyl (C=O) groups is 2. The van der Waals surface area contributed by atoms with Gasteiger partial charge in [0.25, 0.3) is 0 Å². The van der Waals surface area contributed by atoms with Crippen LogP contribution in [-0.4, -0.2) is 34.5 Å². The maximum atomic E-state index is 11.9. The SMILES string of the molecule is CC(C)(C)C12CCCC(=O)C1N(C(=O)O)C2. The van der Waals surface area contributed by atoms with E-state index in [0.29, 0.717) is 13.0 Å². The van der Waals surface area contributed by atoms with Crippen molar-refractivity contribution in [1.82, 2.24) is 4.90 Å². The zero-order valence-corrected chi connectivity index (χ0v) is 10.1. The summed E-state index contributed by atoms with van der Waals surface area (Å²) in [6.07, 6.45) is 1.45. The molecule has 4 heteroatoms. The molecular weight excluding hydrogens is 206 g/mol. The lowest BCUT2D eigenvalue weighted by atomic mass is 9.51. The van der Waals surface area contributed by atoms with Crippen LogP contribution in [-0.2, 0) is 4.79 Å². The highest BCUT2D eigenvalue weighted by molar-refractivity contribution is 5.90. The molecule has 1 aliphatic carbocycles. The molecule has 90 valence electrons. The fourth-order valence-electron chi connectivity index (χ4n) is 3.28.